The van der Waals surface area contributed by atoms with Crippen molar-refractivity contribution in [2.45, 2.75) is 72.6 Å². The van der Waals surface area contributed by atoms with Crippen LogP contribution in [0.5, 0.6) is 0 Å². The van der Waals surface area contributed by atoms with Crippen LogP contribution < -0.4 is 0 Å². The summed E-state index contributed by atoms with van der Waals surface area (Å²) in [6.07, 6.45) is 9.87. The molecule has 2 heteroatoms. The van der Waals surface area contributed by atoms with Crippen LogP contribution in [-0.2, 0) is 0 Å². The largest absolute Gasteiger partial charge is 0.512 e. The fourth-order valence-corrected chi connectivity index (χ4v) is 7.10. The summed E-state index contributed by atoms with van der Waals surface area (Å²) in [5.41, 5.74) is 3.94. The highest BCUT2D eigenvalue weighted by atomic mass is 19.1. The zero-order valence-corrected chi connectivity index (χ0v) is 15.6. The fraction of sp³-hybridized carbons (Fsp3) is 0.727. The average molecular weight is 330 g/mol. The summed E-state index contributed by atoms with van der Waals surface area (Å²) in [5, 5.41) is 10.2. The lowest BCUT2D eigenvalue weighted by Crippen LogP contribution is -2.48. The molecular formula is C22H31FO. The standard InChI is InChI=1S/C22H31FO/c1-13-16-6-5-15-18-8-7-17(14(2)23)22(18,4)11-9-19(15)21(16,3)12-10-20(13)24/h6,15,18-19,24H,5,7-12H2,1-4H3. The summed E-state index contributed by atoms with van der Waals surface area (Å²) < 4.78 is 14.1. The monoisotopic (exact) mass is 330 g/mol. The topological polar surface area (TPSA) is 20.2 Å². The number of aliphatic hydroxyl groups excluding tert-OH is 1. The molecule has 5 unspecified atom stereocenters. The first-order valence-electron chi connectivity index (χ1n) is 9.74. The van der Waals surface area contributed by atoms with Gasteiger partial charge in [0.2, 0.25) is 0 Å². The van der Waals surface area contributed by atoms with Crippen LogP contribution in [0.25, 0.3) is 0 Å². The van der Waals surface area contributed by atoms with Crippen LogP contribution in [0.2, 0.25) is 0 Å². The second-order valence-corrected chi connectivity index (χ2v) is 9.23. The third kappa shape index (κ3) is 1.98. The number of hydrogen-bond acceptors (Lipinski definition) is 1. The predicted octanol–water partition coefficient (Wildman–Crippen LogP) is 6.63. The lowest BCUT2D eigenvalue weighted by atomic mass is 9.48. The van der Waals surface area contributed by atoms with Crippen molar-refractivity contribution in [3.63, 3.8) is 0 Å². The van der Waals surface area contributed by atoms with Crippen LogP contribution in [0, 0.1) is 28.6 Å². The first-order chi connectivity index (χ1) is 11.3. The van der Waals surface area contributed by atoms with Crippen molar-refractivity contribution in [1.82, 2.24) is 0 Å². The zero-order valence-electron chi connectivity index (χ0n) is 15.6. The molecule has 0 aromatic rings. The van der Waals surface area contributed by atoms with E-state index in [0.29, 0.717) is 23.5 Å². The lowest BCUT2D eigenvalue weighted by molar-refractivity contribution is -0.00940. The van der Waals surface area contributed by atoms with Crippen LogP contribution in [0.15, 0.2) is 34.4 Å². The molecular weight excluding hydrogens is 299 g/mol. The van der Waals surface area contributed by atoms with Crippen molar-refractivity contribution >= 4 is 0 Å². The number of allylic oxidation sites excluding steroid dienone is 6. The van der Waals surface area contributed by atoms with E-state index >= 15 is 0 Å². The summed E-state index contributed by atoms with van der Waals surface area (Å²) in [4.78, 5) is 0. The van der Waals surface area contributed by atoms with E-state index < -0.39 is 0 Å². The van der Waals surface area contributed by atoms with Crippen molar-refractivity contribution in [2.24, 2.45) is 28.6 Å². The van der Waals surface area contributed by atoms with Gasteiger partial charge in [0.25, 0.3) is 0 Å². The molecule has 0 heterocycles. The molecule has 132 valence electrons. The average Bonchev–Trinajstić information content (AvgIpc) is 2.89. The molecule has 0 bridgehead atoms. The maximum absolute atomic E-state index is 14.1. The maximum atomic E-state index is 14.1. The van der Waals surface area contributed by atoms with Gasteiger partial charge in [-0.3, -0.25) is 0 Å². The van der Waals surface area contributed by atoms with Gasteiger partial charge >= 0.3 is 0 Å². The Morgan fingerprint density at radius 2 is 1.83 bits per heavy atom. The molecule has 5 atom stereocenters. The lowest BCUT2D eigenvalue weighted by Gasteiger charge is -2.56. The summed E-state index contributed by atoms with van der Waals surface area (Å²) in [6, 6.07) is 0. The van der Waals surface area contributed by atoms with Gasteiger partial charge in [-0.15, -0.1) is 0 Å². The number of halogens is 1. The van der Waals surface area contributed by atoms with Crippen molar-refractivity contribution in [3.05, 3.63) is 34.4 Å². The Morgan fingerprint density at radius 1 is 1.12 bits per heavy atom. The van der Waals surface area contributed by atoms with E-state index in [1.54, 1.807) is 6.92 Å². The molecule has 0 aromatic carbocycles. The van der Waals surface area contributed by atoms with E-state index in [4.69, 9.17) is 0 Å². The van der Waals surface area contributed by atoms with Crippen LogP contribution in [0.1, 0.15) is 72.6 Å². The Hall–Kier alpha value is -1.05. The molecule has 0 saturated heterocycles. The van der Waals surface area contributed by atoms with Crippen LogP contribution in [0.3, 0.4) is 0 Å². The third-order valence-electron chi connectivity index (χ3n) is 8.38. The second kappa shape index (κ2) is 5.22. The Bertz CT molecular complexity index is 665. The molecule has 2 fully saturated rings. The van der Waals surface area contributed by atoms with Gasteiger partial charge in [0.05, 0.1) is 11.6 Å². The summed E-state index contributed by atoms with van der Waals surface area (Å²) in [6.45, 7) is 8.51. The highest BCUT2D eigenvalue weighted by Gasteiger charge is 2.57. The summed E-state index contributed by atoms with van der Waals surface area (Å²) in [5.74, 6) is 2.68. The molecule has 0 aliphatic heterocycles. The van der Waals surface area contributed by atoms with Crippen LogP contribution >= 0.6 is 0 Å². The first-order valence-corrected chi connectivity index (χ1v) is 9.74. The van der Waals surface area contributed by atoms with E-state index in [9.17, 15) is 9.50 Å². The Balaban J connectivity index is 1.74. The number of hydrogen-bond donors (Lipinski definition) is 1. The van der Waals surface area contributed by atoms with Gasteiger partial charge in [-0.05, 0) is 97.7 Å². The molecule has 0 radical (unpaired) electrons. The molecule has 4 aliphatic rings. The molecule has 24 heavy (non-hydrogen) atoms. The number of rotatable bonds is 0. The van der Waals surface area contributed by atoms with E-state index in [-0.39, 0.29) is 16.7 Å². The summed E-state index contributed by atoms with van der Waals surface area (Å²) >= 11 is 0. The maximum Gasteiger partial charge on any atom is 0.0966 e. The zero-order chi connectivity index (χ0) is 17.3. The molecule has 0 amide bonds. The molecule has 4 aliphatic carbocycles. The normalized spacial score (nSPS) is 46.9. The van der Waals surface area contributed by atoms with E-state index in [1.165, 1.54) is 12.0 Å². The molecule has 0 aromatic heterocycles. The quantitative estimate of drug-likeness (QED) is 0.528. The predicted molar refractivity (Wildman–Crippen MR) is 96.2 cm³/mol. The third-order valence-corrected chi connectivity index (χ3v) is 8.38. The van der Waals surface area contributed by atoms with Crippen molar-refractivity contribution in [2.75, 3.05) is 0 Å². The van der Waals surface area contributed by atoms with Crippen LogP contribution in [0.4, 0.5) is 4.39 Å². The van der Waals surface area contributed by atoms with Crippen molar-refractivity contribution < 1.29 is 9.50 Å². The van der Waals surface area contributed by atoms with Crippen molar-refractivity contribution in [3.8, 4) is 0 Å². The van der Waals surface area contributed by atoms with E-state index in [1.807, 2.05) is 0 Å². The van der Waals surface area contributed by atoms with Gasteiger partial charge in [-0.2, -0.15) is 0 Å². The van der Waals surface area contributed by atoms with Gasteiger partial charge in [0, 0.05) is 6.42 Å². The highest BCUT2D eigenvalue weighted by Crippen LogP contribution is 2.66. The fourth-order valence-electron chi connectivity index (χ4n) is 7.10. The molecule has 1 N–H and O–H groups in total. The Kier molecular flexibility index (Phi) is 3.57. The molecule has 1 nitrogen and oxygen atoms in total. The minimum Gasteiger partial charge on any atom is -0.512 e. The van der Waals surface area contributed by atoms with E-state index in [2.05, 4.69) is 26.8 Å². The van der Waals surface area contributed by atoms with Crippen LogP contribution in [-0.4, -0.2) is 5.11 Å². The van der Waals surface area contributed by atoms with Crippen molar-refractivity contribution in [1.29, 1.82) is 0 Å². The van der Waals surface area contributed by atoms with Gasteiger partial charge in [-0.1, -0.05) is 19.9 Å². The number of aliphatic hydroxyl groups is 1. The van der Waals surface area contributed by atoms with Gasteiger partial charge in [0.1, 0.15) is 0 Å². The smallest absolute Gasteiger partial charge is 0.0966 e. The molecule has 4 rings (SSSR count). The Morgan fingerprint density at radius 3 is 2.54 bits per heavy atom. The summed E-state index contributed by atoms with van der Waals surface area (Å²) in [7, 11) is 0. The SMILES string of the molecule is CC(F)=C1CCC2C3CC=C4C(C)=C(O)CCC4(C)C3CCC12C. The Labute approximate surface area is 145 Å². The second-order valence-electron chi connectivity index (χ2n) is 9.23. The van der Waals surface area contributed by atoms with Gasteiger partial charge in [0.15, 0.2) is 0 Å². The first kappa shape index (κ1) is 16.4. The van der Waals surface area contributed by atoms with Gasteiger partial charge < -0.3 is 5.11 Å². The minimum atomic E-state index is 0.0815. The molecule has 0 spiro atoms. The van der Waals surface area contributed by atoms with E-state index in [0.717, 1.165) is 49.7 Å². The molecule has 2 saturated carbocycles. The number of fused-ring (bicyclic) bond motifs is 5. The minimum absolute atomic E-state index is 0.0815. The van der Waals surface area contributed by atoms with Gasteiger partial charge in [-0.25, -0.2) is 4.39 Å². The highest BCUT2D eigenvalue weighted by molar-refractivity contribution is 5.42.